The zero-order valence-corrected chi connectivity index (χ0v) is 15.0. The highest BCUT2D eigenvalue weighted by molar-refractivity contribution is 7.99. The minimum Gasteiger partial charge on any atom is -0.282 e. The predicted octanol–water partition coefficient (Wildman–Crippen LogP) is 2.25. The van der Waals surface area contributed by atoms with Crippen molar-refractivity contribution < 1.29 is 9.59 Å². The molecule has 8 heteroatoms. The molecule has 132 valence electrons. The van der Waals surface area contributed by atoms with Gasteiger partial charge < -0.3 is 0 Å². The number of likely N-dealkylation sites (tertiary alicyclic amines) is 1. The SMILES string of the molecule is CCCCc1ccc(-n2nnnc2SCCN2C(=O)CCC2=O)cc1. The Labute approximate surface area is 150 Å². The number of imide groups is 1. The number of aryl methyl sites for hydroxylation is 1. The minimum atomic E-state index is -0.0899. The number of hydrogen-bond acceptors (Lipinski definition) is 6. The maximum absolute atomic E-state index is 11.6. The Morgan fingerprint density at radius 1 is 1.12 bits per heavy atom. The first-order valence-corrected chi connectivity index (χ1v) is 9.51. The molecular formula is C17H21N5O2S. The number of aromatic nitrogens is 4. The highest BCUT2D eigenvalue weighted by atomic mass is 32.2. The number of carbonyl (C=O) groups is 2. The van der Waals surface area contributed by atoms with Crippen LogP contribution in [0, 0.1) is 0 Å². The van der Waals surface area contributed by atoms with Crippen molar-refractivity contribution in [1.29, 1.82) is 0 Å². The van der Waals surface area contributed by atoms with E-state index in [4.69, 9.17) is 0 Å². The average molecular weight is 359 g/mol. The zero-order valence-electron chi connectivity index (χ0n) is 14.2. The maximum atomic E-state index is 11.6. The fourth-order valence-corrected chi connectivity index (χ4v) is 3.53. The molecule has 0 N–H and O–H groups in total. The Balaban J connectivity index is 1.60. The van der Waals surface area contributed by atoms with Gasteiger partial charge >= 0.3 is 0 Å². The van der Waals surface area contributed by atoms with Crippen LogP contribution in [0.15, 0.2) is 29.4 Å². The lowest BCUT2D eigenvalue weighted by molar-refractivity contribution is -0.137. The van der Waals surface area contributed by atoms with Crippen LogP contribution in [0.3, 0.4) is 0 Å². The quantitative estimate of drug-likeness (QED) is 0.531. The zero-order chi connectivity index (χ0) is 17.6. The lowest BCUT2D eigenvalue weighted by Crippen LogP contribution is -2.31. The molecule has 3 rings (SSSR count). The molecule has 0 atom stereocenters. The van der Waals surface area contributed by atoms with Gasteiger partial charge in [-0.1, -0.05) is 37.2 Å². The van der Waals surface area contributed by atoms with Gasteiger partial charge in [-0.25, -0.2) is 0 Å². The molecular weight excluding hydrogens is 338 g/mol. The average Bonchev–Trinajstić information content (AvgIpc) is 3.22. The first kappa shape index (κ1) is 17.6. The van der Waals surface area contributed by atoms with Gasteiger partial charge in [-0.15, -0.1) is 5.10 Å². The summed E-state index contributed by atoms with van der Waals surface area (Å²) in [6.45, 7) is 2.58. The highest BCUT2D eigenvalue weighted by Gasteiger charge is 2.28. The number of tetrazole rings is 1. The van der Waals surface area contributed by atoms with Gasteiger partial charge in [0, 0.05) is 25.1 Å². The van der Waals surface area contributed by atoms with Crippen LogP contribution >= 0.6 is 11.8 Å². The van der Waals surface area contributed by atoms with Crippen LogP contribution in [-0.2, 0) is 16.0 Å². The summed E-state index contributed by atoms with van der Waals surface area (Å²) in [6, 6.07) is 8.23. The molecule has 0 spiro atoms. The Hall–Kier alpha value is -2.22. The normalized spacial score (nSPS) is 14.5. The van der Waals surface area contributed by atoms with E-state index < -0.39 is 0 Å². The molecule has 2 aromatic rings. The second kappa shape index (κ2) is 8.24. The van der Waals surface area contributed by atoms with Crippen LogP contribution in [0.2, 0.25) is 0 Å². The van der Waals surface area contributed by atoms with E-state index in [1.54, 1.807) is 4.68 Å². The summed E-state index contributed by atoms with van der Waals surface area (Å²) in [5.74, 6) is 0.396. The van der Waals surface area contributed by atoms with Crippen molar-refractivity contribution in [1.82, 2.24) is 25.1 Å². The number of carbonyl (C=O) groups excluding carboxylic acids is 2. The summed E-state index contributed by atoms with van der Waals surface area (Å²) in [4.78, 5) is 24.6. The fraction of sp³-hybridized carbons (Fsp3) is 0.471. The van der Waals surface area contributed by atoms with Crippen LogP contribution < -0.4 is 0 Å². The van der Waals surface area contributed by atoms with E-state index in [9.17, 15) is 9.59 Å². The van der Waals surface area contributed by atoms with Gasteiger partial charge in [-0.2, -0.15) is 4.68 Å². The van der Waals surface area contributed by atoms with Crippen molar-refractivity contribution in [2.45, 2.75) is 44.2 Å². The van der Waals surface area contributed by atoms with E-state index >= 15 is 0 Å². The number of unbranched alkanes of at least 4 members (excludes halogenated alkanes) is 1. The minimum absolute atomic E-state index is 0.0899. The third-order valence-electron chi connectivity index (χ3n) is 4.14. The third kappa shape index (κ3) is 4.25. The summed E-state index contributed by atoms with van der Waals surface area (Å²) in [5.41, 5.74) is 2.21. The number of nitrogens with zero attached hydrogens (tertiary/aromatic N) is 5. The van der Waals surface area contributed by atoms with Crippen molar-refractivity contribution in [3.8, 4) is 5.69 Å². The Morgan fingerprint density at radius 2 is 1.84 bits per heavy atom. The van der Waals surface area contributed by atoms with Crippen LogP contribution in [-0.4, -0.2) is 49.2 Å². The second-order valence-corrected chi connectivity index (χ2v) is 6.99. The molecule has 2 amide bonds. The van der Waals surface area contributed by atoms with Gasteiger partial charge in [-0.3, -0.25) is 14.5 Å². The van der Waals surface area contributed by atoms with E-state index in [1.165, 1.54) is 35.1 Å². The van der Waals surface area contributed by atoms with Crippen LogP contribution in [0.1, 0.15) is 38.2 Å². The van der Waals surface area contributed by atoms with Crippen LogP contribution in [0.25, 0.3) is 5.69 Å². The van der Waals surface area contributed by atoms with Gasteiger partial charge in [-0.05, 0) is 41.0 Å². The van der Waals surface area contributed by atoms with Crippen molar-refractivity contribution in [2.75, 3.05) is 12.3 Å². The number of hydrogen-bond donors (Lipinski definition) is 0. The lowest BCUT2D eigenvalue weighted by atomic mass is 10.1. The molecule has 1 saturated heterocycles. The van der Waals surface area contributed by atoms with E-state index in [2.05, 4.69) is 34.6 Å². The van der Waals surface area contributed by atoms with Crippen LogP contribution in [0.5, 0.6) is 0 Å². The monoisotopic (exact) mass is 359 g/mol. The standard InChI is InChI=1S/C17H21N5O2S/c1-2-3-4-13-5-7-14(8-6-13)22-17(18-19-20-22)25-12-11-21-15(23)9-10-16(21)24/h5-8H,2-4,9-12H2,1H3. The fourth-order valence-electron chi connectivity index (χ4n) is 2.72. The van der Waals surface area contributed by atoms with Gasteiger partial charge in [0.15, 0.2) is 0 Å². The van der Waals surface area contributed by atoms with Crippen molar-refractivity contribution >= 4 is 23.6 Å². The number of rotatable bonds is 8. The van der Waals surface area contributed by atoms with E-state index in [0.717, 1.165) is 12.1 Å². The Morgan fingerprint density at radius 3 is 2.52 bits per heavy atom. The molecule has 1 fully saturated rings. The highest BCUT2D eigenvalue weighted by Crippen LogP contribution is 2.20. The van der Waals surface area contributed by atoms with Gasteiger partial charge in [0.05, 0.1) is 5.69 Å². The molecule has 1 aromatic heterocycles. The van der Waals surface area contributed by atoms with Gasteiger partial charge in [0.2, 0.25) is 17.0 Å². The molecule has 0 bridgehead atoms. The number of benzene rings is 1. The third-order valence-corrected chi connectivity index (χ3v) is 5.04. The van der Waals surface area contributed by atoms with E-state index in [-0.39, 0.29) is 11.8 Å². The van der Waals surface area contributed by atoms with Crippen molar-refractivity contribution in [2.24, 2.45) is 0 Å². The summed E-state index contributed by atoms with van der Waals surface area (Å²) in [6.07, 6.45) is 4.08. The first-order chi connectivity index (χ1) is 12.2. The number of amides is 2. The smallest absolute Gasteiger partial charge is 0.229 e. The second-order valence-electron chi connectivity index (χ2n) is 5.93. The molecule has 1 aliphatic heterocycles. The molecule has 7 nitrogen and oxygen atoms in total. The Kier molecular flexibility index (Phi) is 5.80. The first-order valence-electron chi connectivity index (χ1n) is 8.52. The molecule has 0 unspecified atom stereocenters. The van der Waals surface area contributed by atoms with E-state index in [0.29, 0.717) is 30.3 Å². The topological polar surface area (TPSA) is 81.0 Å². The summed E-state index contributed by atoms with van der Waals surface area (Å²) < 4.78 is 1.68. The van der Waals surface area contributed by atoms with Gasteiger partial charge in [0.1, 0.15) is 0 Å². The number of thioether (sulfide) groups is 1. The molecule has 0 saturated carbocycles. The molecule has 25 heavy (non-hydrogen) atoms. The Bertz CT molecular complexity index is 728. The molecule has 2 heterocycles. The lowest BCUT2D eigenvalue weighted by Gasteiger charge is -2.12. The molecule has 1 aliphatic rings. The molecule has 0 radical (unpaired) electrons. The predicted molar refractivity (Wildman–Crippen MR) is 94.4 cm³/mol. The largest absolute Gasteiger partial charge is 0.282 e. The maximum Gasteiger partial charge on any atom is 0.229 e. The molecule has 0 aliphatic carbocycles. The summed E-state index contributed by atoms with van der Waals surface area (Å²) >= 11 is 1.44. The van der Waals surface area contributed by atoms with Crippen molar-refractivity contribution in [3.63, 3.8) is 0 Å². The summed E-state index contributed by atoms with van der Waals surface area (Å²) in [7, 11) is 0. The van der Waals surface area contributed by atoms with Gasteiger partial charge in [0.25, 0.3) is 0 Å². The summed E-state index contributed by atoms with van der Waals surface area (Å²) in [5, 5.41) is 12.5. The van der Waals surface area contributed by atoms with E-state index in [1.807, 2.05) is 12.1 Å². The van der Waals surface area contributed by atoms with Crippen molar-refractivity contribution in [3.05, 3.63) is 29.8 Å². The molecule has 1 aromatic carbocycles. The van der Waals surface area contributed by atoms with Crippen LogP contribution in [0.4, 0.5) is 0 Å².